The molecule has 0 radical (unpaired) electrons. The molecule has 0 unspecified atom stereocenters. The standard InChI is InChI=1S/C23H27F2NO5/c1-5-29-20-13-16(7-10-18(20)28-4)9-12-22(27)26(3)15-17-8-11-19(31-23(24)25)21(14-17)30-6-2/h7-14,23H,5-6,15H2,1-4H3/b12-9+. The SMILES string of the molecule is CCOc1cc(/C=C/C(=O)N(C)Cc2ccc(OC(F)F)c(OCC)c2)ccc1OC. The molecule has 2 rings (SSSR count). The third-order valence-electron chi connectivity index (χ3n) is 4.23. The van der Waals surface area contributed by atoms with E-state index in [1.54, 1.807) is 51.4 Å². The maximum Gasteiger partial charge on any atom is 0.387 e. The molecule has 6 nitrogen and oxygen atoms in total. The van der Waals surface area contributed by atoms with Gasteiger partial charge in [-0.1, -0.05) is 12.1 Å². The minimum Gasteiger partial charge on any atom is -0.493 e. The number of halogens is 2. The number of carbonyl (C=O) groups excluding carboxylic acids is 1. The Morgan fingerprint density at radius 1 is 1.00 bits per heavy atom. The summed E-state index contributed by atoms with van der Waals surface area (Å²) >= 11 is 0. The van der Waals surface area contributed by atoms with E-state index in [1.165, 1.54) is 17.0 Å². The minimum atomic E-state index is -2.94. The number of alkyl halides is 2. The van der Waals surface area contributed by atoms with E-state index in [1.807, 2.05) is 13.0 Å². The predicted molar refractivity (Wildman–Crippen MR) is 114 cm³/mol. The van der Waals surface area contributed by atoms with Gasteiger partial charge in [-0.05, 0) is 55.3 Å². The van der Waals surface area contributed by atoms with Gasteiger partial charge in [0.05, 0.1) is 20.3 Å². The van der Waals surface area contributed by atoms with Gasteiger partial charge < -0.3 is 23.8 Å². The number of hydrogen-bond donors (Lipinski definition) is 0. The second-order valence-electron chi connectivity index (χ2n) is 6.46. The largest absolute Gasteiger partial charge is 0.493 e. The van der Waals surface area contributed by atoms with Crippen LogP contribution in [0, 0.1) is 0 Å². The normalized spacial score (nSPS) is 10.9. The zero-order valence-electron chi connectivity index (χ0n) is 18.1. The summed E-state index contributed by atoms with van der Waals surface area (Å²) in [6.45, 7) is 1.74. The second kappa shape index (κ2) is 11.8. The molecule has 31 heavy (non-hydrogen) atoms. The van der Waals surface area contributed by atoms with Crippen molar-refractivity contribution in [2.45, 2.75) is 27.0 Å². The topological polar surface area (TPSA) is 57.2 Å². The van der Waals surface area contributed by atoms with E-state index < -0.39 is 6.61 Å². The fourth-order valence-electron chi connectivity index (χ4n) is 2.82. The van der Waals surface area contributed by atoms with Crippen LogP contribution in [0.2, 0.25) is 0 Å². The van der Waals surface area contributed by atoms with Gasteiger partial charge in [-0.25, -0.2) is 0 Å². The molecule has 0 atom stereocenters. The molecular weight excluding hydrogens is 408 g/mol. The predicted octanol–water partition coefficient (Wildman–Crippen LogP) is 4.77. The van der Waals surface area contributed by atoms with Gasteiger partial charge in [-0.3, -0.25) is 4.79 Å². The molecule has 2 aromatic carbocycles. The summed E-state index contributed by atoms with van der Waals surface area (Å²) in [6, 6.07) is 10.0. The average Bonchev–Trinajstić information content (AvgIpc) is 2.74. The molecule has 168 valence electrons. The number of hydrogen-bond acceptors (Lipinski definition) is 5. The molecule has 0 saturated heterocycles. The van der Waals surface area contributed by atoms with E-state index in [0.29, 0.717) is 24.7 Å². The van der Waals surface area contributed by atoms with Crippen LogP contribution in [0.4, 0.5) is 8.78 Å². The number of carbonyl (C=O) groups is 1. The third-order valence-corrected chi connectivity index (χ3v) is 4.23. The molecule has 0 aliphatic heterocycles. The zero-order valence-corrected chi connectivity index (χ0v) is 18.1. The van der Waals surface area contributed by atoms with Gasteiger partial charge in [0.2, 0.25) is 5.91 Å². The Bertz CT molecular complexity index is 902. The van der Waals surface area contributed by atoms with Gasteiger partial charge in [0.1, 0.15) is 0 Å². The van der Waals surface area contributed by atoms with Crippen molar-refractivity contribution in [3.8, 4) is 23.0 Å². The van der Waals surface area contributed by atoms with Crippen LogP contribution in [-0.4, -0.2) is 44.8 Å². The minimum absolute atomic E-state index is 0.0425. The zero-order chi connectivity index (χ0) is 22.8. The summed E-state index contributed by atoms with van der Waals surface area (Å²) < 4.78 is 45.7. The number of benzene rings is 2. The Balaban J connectivity index is 2.08. The number of methoxy groups -OCH3 is 1. The highest BCUT2D eigenvalue weighted by Gasteiger charge is 2.13. The first kappa shape index (κ1) is 24.0. The van der Waals surface area contributed by atoms with Crippen molar-refractivity contribution in [3.63, 3.8) is 0 Å². The van der Waals surface area contributed by atoms with Crippen molar-refractivity contribution in [1.29, 1.82) is 0 Å². The summed E-state index contributed by atoms with van der Waals surface area (Å²) in [5.74, 6) is 1.16. The maximum absolute atomic E-state index is 12.5. The lowest BCUT2D eigenvalue weighted by Gasteiger charge is -2.17. The van der Waals surface area contributed by atoms with Crippen molar-refractivity contribution in [2.24, 2.45) is 0 Å². The van der Waals surface area contributed by atoms with Crippen molar-refractivity contribution < 1.29 is 32.5 Å². The molecule has 0 N–H and O–H groups in total. The van der Waals surface area contributed by atoms with Crippen LogP contribution in [0.3, 0.4) is 0 Å². The molecule has 0 bridgehead atoms. The monoisotopic (exact) mass is 435 g/mol. The first-order chi connectivity index (χ1) is 14.9. The first-order valence-electron chi connectivity index (χ1n) is 9.82. The molecule has 1 amide bonds. The molecule has 0 aliphatic carbocycles. The summed E-state index contributed by atoms with van der Waals surface area (Å²) in [4.78, 5) is 14.0. The van der Waals surface area contributed by atoms with E-state index in [0.717, 1.165) is 11.1 Å². The van der Waals surface area contributed by atoms with E-state index in [2.05, 4.69) is 4.74 Å². The van der Waals surface area contributed by atoms with E-state index in [4.69, 9.17) is 14.2 Å². The molecule has 2 aromatic rings. The van der Waals surface area contributed by atoms with Gasteiger partial charge in [0, 0.05) is 19.7 Å². The quantitative estimate of drug-likeness (QED) is 0.476. The van der Waals surface area contributed by atoms with Gasteiger partial charge in [-0.2, -0.15) is 8.78 Å². The molecule has 0 saturated carbocycles. The highest BCUT2D eigenvalue weighted by molar-refractivity contribution is 5.91. The second-order valence-corrected chi connectivity index (χ2v) is 6.46. The Kier molecular flexibility index (Phi) is 9.12. The molecule has 0 heterocycles. The van der Waals surface area contributed by atoms with E-state index in [-0.39, 0.29) is 24.0 Å². The van der Waals surface area contributed by atoms with Crippen LogP contribution < -0.4 is 18.9 Å². The fraction of sp³-hybridized carbons (Fsp3) is 0.348. The lowest BCUT2D eigenvalue weighted by molar-refractivity contribution is -0.125. The van der Waals surface area contributed by atoms with Crippen LogP contribution in [-0.2, 0) is 11.3 Å². The van der Waals surface area contributed by atoms with Crippen LogP contribution in [0.25, 0.3) is 6.08 Å². The number of likely N-dealkylation sites (N-methyl/N-ethyl adjacent to an activating group) is 1. The first-order valence-corrected chi connectivity index (χ1v) is 9.82. The number of amides is 1. The molecule has 0 spiro atoms. The summed E-state index contributed by atoms with van der Waals surface area (Å²) in [5.41, 5.74) is 1.51. The highest BCUT2D eigenvalue weighted by atomic mass is 19.3. The maximum atomic E-state index is 12.5. The Morgan fingerprint density at radius 3 is 2.26 bits per heavy atom. The van der Waals surface area contributed by atoms with Crippen LogP contribution in [0.5, 0.6) is 23.0 Å². The third kappa shape index (κ3) is 7.16. The van der Waals surface area contributed by atoms with E-state index >= 15 is 0 Å². The van der Waals surface area contributed by atoms with Gasteiger partial charge in [-0.15, -0.1) is 0 Å². The smallest absolute Gasteiger partial charge is 0.387 e. The molecule has 0 aliphatic rings. The van der Waals surface area contributed by atoms with Crippen molar-refractivity contribution >= 4 is 12.0 Å². The molecule has 8 heteroatoms. The fourth-order valence-corrected chi connectivity index (χ4v) is 2.82. The Morgan fingerprint density at radius 2 is 1.65 bits per heavy atom. The molecule has 0 aromatic heterocycles. The van der Waals surface area contributed by atoms with Gasteiger partial charge >= 0.3 is 6.61 Å². The summed E-state index contributed by atoms with van der Waals surface area (Å²) in [5, 5.41) is 0. The van der Waals surface area contributed by atoms with Gasteiger partial charge in [0.15, 0.2) is 23.0 Å². The van der Waals surface area contributed by atoms with Crippen molar-refractivity contribution in [1.82, 2.24) is 4.90 Å². The highest BCUT2D eigenvalue weighted by Crippen LogP contribution is 2.30. The molecule has 0 fully saturated rings. The number of nitrogens with zero attached hydrogens (tertiary/aromatic N) is 1. The van der Waals surface area contributed by atoms with Crippen LogP contribution >= 0.6 is 0 Å². The summed E-state index contributed by atoms with van der Waals surface area (Å²) in [7, 11) is 3.21. The molecular formula is C23H27F2NO5. The average molecular weight is 435 g/mol. The van der Waals surface area contributed by atoms with Gasteiger partial charge in [0.25, 0.3) is 0 Å². The van der Waals surface area contributed by atoms with Crippen LogP contribution in [0.1, 0.15) is 25.0 Å². The lowest BCUT2D eigenvalue weighted by Crippen LogP contribution is -2.24. The van der Waals surface area contributed by atoms with E-state index in [9.17, 15) is 13.6 Å². The number of rotatable bonds is 11. The lowest BCUT2D eigenvalue weighted by atomic mass is 10.1. The Labute approximate surface area is 181 Å². The van der Waals surface area contributed by atoms with Crippen LogP contribution in [0.15, 0.2) is 42.5 Å². The van der Waals surface area contributed by atoms with Crippen molar-refractivity contribution in [2.75, 3.05) is 27.4 Å². The van der Waals surface area contributed by atoms with Crippen molar-refractivity contribution in [3.05, 3.63) is 53.6 Å². The number of ether oxygens (including phenoxy) is 4. The summed E-state index contributed by atoms with van der Waals surface area (Å²) in [6.07, 6.45) is 3.14. The Hall–Kier alpha value is -3.29.